The van der Waals surface area contributed by atoms with Gasteiger partial charge in [0.15, 0.2) is 0 Å². The third-order valence-corrected chi connectivity index (χ3v) is 4.57. The highest BCUT2D eigenvalue weighted by Gasteiger charge is 2.10. The Labute approximate surface area is 156 Å². The molecule has 0 atom stereocenters. The molecule has 0 saturated heterocycles. The van der Waals surface area contributed by atoms with Crippen LogP contribution in [-0.2, 0) is 5.75 Å². The summed E-state index contributed by atoms with van der Waals surface area (Å²) in [7, 11) is 4.89. The van der Waals surface area contributed by atoms with Crippen molar-refractivity contribution >= 4 is 23.4 Å². The predicted molar refractivity (Wildman–Crippen MR) is 102 cm³/mol. The van der Waals surface area contributed by atoms with E-state index in [4.69, 9.17) is 14.2 Å². The van der Waals surface area contributed by atoms with Gasteiger partial charge >= 0.3 is 0 Å². The van der Waals surface area contributed by atoms with E-state index in [1.807, 2.05) is 36.4 Å². The van der Waals surface area contributed by atoms with Crippen molar-refractivity contribution in [1.82, 2.24) is 15.2 Å². The quantitative estimate of drug-likeness (QED) is 0.581. The summed E-state index contributed by atoms with van der Waals surface area (Å²) >= 11 is 1.53. The average molecular weight is 372 g/mol. The average Bonchev–Trinajstić information content (AvgIpc) is 3.14. The van der Waals surface area contributed by atoms with Gasteiger partial charge in [0.05, 0.1) is 27.0 Å². The van der Waals surface area contributed by atoms with Gasteiger partial charge in [0.25, 0.3) is 0 Å². The number of anilines is 2. The highest BCUT2D eigenvalue weighted by molar-refractivity contribution is 7.98. The fourth-order valence-electron chi connectivity index (χ4n) is 2.36. The van der Waals surface area contributed by atoms with Gasteiger partial charge in [-0.15, -0.1) is 5.10 Å². The van der Waals surface area contributed by atoms with Crippen molar-refractivity contribution in [3.8, 4) is 17.2 Å². The Morgan fingerprint density at radius 2 is 1.81 bits per heavy atom. The molecule has 0 saturated carbocycles. The van der Waals surface area contributed by atoms with Crippen molar-refractivity contribution in [3.63, 3.8) is 0 Å². The normalized spacial score (nSPS) is 10.4. The van der Waals surface area contributed by atoms with Gasteiger partial charge < -0.3 is 19.5 Å². The summed E-state index contributed by atoms with van der Waals surface area (Å²) in [6.07, 6.45) is 0. The Hall–Kier alpha value is -2.87. The minimum atomic E-state index is 0.538. The Morgan fingerprint density at radius 3 is 2.58 bits per heavy atom. The number of nitrogens with one attached hydrogen (secondary N) is 2. The summed E-state index contributed by atoms with van der Waals surface area (Å²) < 4.78 is 15.9. The monoisotopic (exact) mass is 372 g/mol. The van der Waals surface area contributed by atoms with Crippen molar-refractivity contribution < 1.29 is 14.2 Å². The highest BCUT2D eigenvalue weighted by Crippen LogP contribution is 2.31. The first-order valence-electron chi connectivity index (χ1n) is 7.89. The number of para-hydroxylation sites is 1. The molecule has 3 aromatic rings. The van der Waals surface area contributed by atoms with Crippen LogP contribution in [0.2, 0.25) is 0 Å². The molecule has 1 aromatic heterocycles. The van der Waals surface area contributed by atoms with Crippen LogP contribution in [0.1, 0.15) is 5.56 Å². The molecule has 3 rings (SSSR count). The SMILES string of the molecule is COc1ccc(Nc2nc(SCc3ccccc3OC)n[nH]2)c(OC)c1. The summed E-state index contributed by atoms with van der Waals surface area (Å²) in [6, 6.07) is 13.4. The summed E-state index contributed by atoms with van der Waals surface area (Å²) in [5.41, 5.74) is 1.86. The number of thioether (sulfide) groups is 1. The van der Waals surface area contributed by atoms with E-state index in [1.165, 1.54) is 11.8 Å². The standard InChI is InChI=1S/C18H20N4O3S/c1-23-13-8-9-14(16(10-13)25-3)19-17-20-18(22-21-17)26-11-12-6-4-5-7-15(12)24-2/h4-10H,11H2,1-3H3,(H2,19,20,21,22). The molecule has 2 aromatic carbocycles. The van der Waals surface area contributed by atoms with E-state index in [-0.39, 0.29) is 0 Å². The minimum absolute atomic E-state index is 0.538. The first-order valence-corrected chi connectivity index (χ1v) is 8.88. The molecule has 0 amide bonds. The third kappa shape index (κ3) is 4.20. The van der Waals surface area contributed by atoms with E-state index in [9.17, 15) is 0 Å². The molecule has 0 unspecified atom stereocenters. The van der Waals surface area contributed by atoms with Gasteiger partial charge in [-0.2, -0.15) is 4.98 Å². The topological polar surface area (TPSA) is 81.3 Å². The molecule has 2 N–H and O–H groups in total. The zero-order chi connectivity index (χ0) is 18.4. The van der Waals surface area contributed by atoms with Crippen LogP contribution in [0.15, 0.2) is 47.6 Å². The third-order valence-electron chi connectivity index (χ3n) is 3.68. The number of aromatic amines is 1. The maximum atomic E-state index is 5.37. The number of aromatic nitrogens is 3. The number of methoxy groups -OCH3 is 3. The molecule has 0 bridgehead atoms. The van der Waals surface area contributed by atoms with E-state index in [0.717, 1.165) is 22.7 Å². The molecule has 0 spiro atoms. The van der Waals surface area contributed by atoms with Gasteiger partial charge in [-0.25, -0.2) is 5.10 Å². The summed E-state index contributed by atoms with van der Waals surface area (Å²) in [6.45, 7) is 0. The smallest absolute Gasteiger partial charge is 0.224 e. The van der Waals surface area contributed by atoms with Gasteiger partial charge in [0.2, 0.25) is 11.1 Å². The highest BCUT2D eigenvalue weighted by atomic mass is 32.2. The lowest BCUT2D eigenvalue weighted by molar-refractivity contribution is 0.395. The molecule has 0 aliphatic rings. The van der Waals surface area contributed by atoms with Gasteiger partial charge in [-0.3, -0.25) is 0 Å². The Balaban J connectivity index is 1.67. The van der Waals surface area contributed by atoms with Crippen molar-refractivity contribution in [2.24, 2.45) is 0 Å². The number of ether oxygens (including phenoxy) is 3. The van der Waals surface area contributed by atoms with Crippen LogP contribution in [0, 0.1) is 0 Å². The molecule has 136 valence electrons. The molecule has 8 heteroatoms. The van der Waals surface area contributed by atoms with Crippen LogP contribution < -0.4 is 19.5 Å². The van der Waals surface area contributed by atoms with Gasteiger partial charge in [-0.05, 0) is 18.2 Å². The molecular weight excluding hydrogens is 352 g/mol. The number of hydrogen-bond donors (Lipinski definition) is 2. The maximum Gasteiger partial charge on any atom is 0.224 e. The van der Waals surface area contributed by atoms with E-state index >= 15 is 0 Å². The summed E-state index contributed by atoms with van der Waals surface area (Å²) in [5, 5.41) is 10.9. The van der Waals surface area contributed by atoms with Crippen LogP contribution in [0.4, 0.5) is 11.6 Å². The number of nitrogens with zero attached hydrogens (tertiary/aromatic N) is 2. The minimum Gasteiger partial charge on any atom is -0.497 e. The first kappa shape index (κ1) is 17.9. The Morgan fingerprint density at radius 1 is 1.00 bits per heavy atom. The van der Waals surface area contributed by atoms with Crippen LogP contribution in [-0.4, -0.2) is 36.5 Å². The lowest BCUT2D eigenvalue weighted by Gasteiger charge is -2.10. The van der Waals surface area contributed by atoms with Crippen molar-refractivity contribution in [2.75, 3.05) is 26.6 Å². The van der Waals surface area contributed by atoms with Gasteiger partial charge in [0.1, 0.15) is 17.2 Å². The van der Waals surface area contributed by atoms with Crippen molar-refractivity contribution in [1.29, 1.82) is 0 Å². The zero-order valence-corrected chi connectivity index (χ0v) is 15.6. The lowest BCUT2D eigenvalue weighted by atomic mass is 10.2. The zero-order valence-electron chi connectivity index (χ0n) is 14.8. The molecule has 1 heterocycles. The van der Waals surface area contributed by atoms with E-state index in [2.05, 4.69) is 20.5 Å². The number of hydrogen-bond acceptors (Lipinski definition) is 7. The second-order valence-corrected chi connectivity index (χ2v) is 6.20. The second kappa shape index (κ2) is 8.48. The molecular formula is C18H20N4O3S. The van der Waals surface area contributed by atoms with Gasteiger partial charge in [0, 0.05) is 17.4 Å². The largest absolute Gasteiger partial charge is 0.497 e. The number of H-pyrrole nitrogens is 1. The Kier molecular flexibility index (Phi) is 5.85. The summed E-state index contributed by atoms with van der Waals surface area (Å²) in [4.78, 5) is 4.45. The lowest BCUT2D eigenvalue weighted by Crippen LogP contribution is -1.97. The molecule has 0 aliphatic carbocycles. The van der Waals surface area contributed by atoms with Crippen LogP contribution in [0.3, 0.4) is 0 Å². The molecule has 26 heavy (non-hydrogen) atoms. The molecule has 7 nitrogen and oxygen atoms in total. The summed E-state index contributed by atoms with van der Waals surface area (Å²) in [5.74, 6) is 3.49. The van der Waals surface area contributed by atoms with Crippen molar-refractivity contribution in [2.45, 2.75) is 10.9 Å². The van der Waals surface area contributed by atoms with Crippen molar-refractivity contribution in [3.05, 3.63) is 48.0 Å². The predicted octanol–water partition coefficient (Wildman–Crippen LogP) is 3.87. The second-order valence-electron chi connectivity index (χ2n) is 5.26. The molecule has 0 aliphatic heterocycles. The number of rotatable bonds is 8. The fraction of sp³-hybridized carbons (Fsp3) is 0.222. The molecule has 0 radical (unpaired) electrons. The maximum absolute atomic E-state index is 5.37. The van der Waals surface area contributed by atoms with E-state index < -0.39 is 0 Å². The van der Waals surface area contributed by atoms with Crippen LogP contribution in [0.5, 0.6) is 17.2 Å². The van der Waals surface area contributed by atoms with Crippen LogP contribution in [0.25, 0.3) is 0 Å². The van der Waals surface area contributed by atoms with Gasteiger partial charge in [-0.1, -0.05) is 30.0 Å². The van der Waals surface area contributed by atoms with E-state index in [1.54, 1.807) is 27.4 Å². The molecule has 0 fully saturated rings. The van der Waals surface area contributed by atoms with Crippen LogP contribution >= 0.6 is 11.8 Å². The first-order chi connectivity index (χ1) is 12.7. The fourth-order valence-corrected chi connectivity index (χ4v) is 3.15. The Bertz CT molecular complexity index is 869. The number of benzene rings is 2. The van der Waals surface area contributed by atoms with E-state index in [0.29, 0.717) is 22.6 Å².